The molecule has 0 N–H and O–H groups in total. The second-order valence-electron chi connectivity index (χ2n) is 4.14. The zero-order valence-corrected chi connectivity index (χ0v) is 9.75. The summed E-state index contributed by atoms with van der Waals surface area (Å²) in [5.74, 6) is 0.657. The first-order valence-electron chi connectivity index (χ1n) is 5.23. The molecule has 2 heteroatoms. The van der Waals surface area contributed by atoms with Gasteiger partial charge >= 0.3 is 0 Å². The zero-order valence-electron chi connectivity index (χ0n) is 9.75. The molecule has 0 aromatic heterocycles. The first kappa shape index (κ1) is 13.4. The van der Waals surface area contributed by atoms with E-state index < -0.39 is 0 Å². The Hall–Kier alpha value is -0.630. The zero-order chi connectivity index (χ0) is 11.0. The van der Waals surface area contributed by atoms with Crippen molar-refractivity contribution in [2.45, 2.75) is 45.6 Å². The van der Waals surface area contributed by atoms with Gasteiger partial charge in [0.1, 0.15) is 6.29 Å². The van der Waals surface area contributed by atoms with E-state index >= 15 is 0 Å². The highest BCUT2D eigenvalue weighted by Gasteiger charge is 2.23. The maximum atomic E-state index is 10.1. The van der Waals surface area contributed by atoms with Crippen LogP contribution in [-0.2, 0) is 9.53 Å². The molecule has 0 rings (SSSR count). The molecule has 0 radical (unpaired) electrons. The Labute approximate surface area is 87.3 Å². The fourth-order valence-electron chi connectivity index (χ4n) is 1.50. The Bertz CT molecular complexity index is 187. The van der Waals surface area contributed by atoms with Gasteiger partial charge in [-0.25, -0.2) is 0 Å². The van der Waals surface area contributed by atoms with Crippen LogP contribution < -0.4 is 0 Å². The average Bonchev–Trinajstić information content (AvgIpc) is 2.18. The van der Waals surface area contributed by atoms with Crippen LogP contribution in [0.1, 0.15) is 40.0 Å². The first-order chi connectivity index (χ1) is 6.58. The summed E-state index contributed by atoms with van der Waals surface area (Å²) in [4.78, 5) is 10.1. The van der Waals surface area contributed by atoms with Crippen LogP contribution in [0, 0.1) is 5.92 Å². The van der Waals surface area contributed by atoms with Crippen LogP contribution in [0.15, 0.2) is 12.2 Å². The largest absolute Gasteiger partial charge is 0.378 e. The molecule has 0 aromatic rings. The number of aldehydes is 1. The van der Waals surface area contributed by atoms with Gasteiger partial charge in [-0.1, -0.05) is 26.3 Å². The summed E-state index contributed by atoms with van der Waals surface area (Å²) in [7, 11) is 1.73. The third-order valence-electron chi connectivity index (χ3n) is 2.73. The first-order valence-corrected chi connectivity index (χ1v) is 5.23. The Morgan fingerprint density at radius 2 is 2.14 bits per heavy atom. The minimum Gasteiger partial charge on any atom is -0.378 e. The molecule has 0 saturated carbocycles. The van der Waals surface area contributed by atoms with Crippen molar-refractivity contribution < 1.29 is 9.53 Å². The SMILES string of the molecule is CCC(C)CC(C)(CC=CC=O)OC. The third-order valence-corrected chi connectivity index (χ3v) is 2.73. The summed E-state index contributed by atoms with van der Waals surface area (Å²) >= 11 is 0. The fourth-order valence-corrected chi connectivity index (χ4v) is 1.50. The normalized spacial score (nSPS) is 18.0. The van der Waals surface area contributed by atoms with Crippen LogP contribution in [0.5, 0.6) is 0 Å². The monoisotopic (exact) mass is 198 g/mol. The minimum atomic E-state index is -0.130. The van der Waals surface area contributed by atoms with Gasteiger partial charge in [-0.05, 0) is 31.8 Å². The van der Waals surface area contributed by atoms with Crippen molar-refractivity contribution >= 4 is 6.29 Å². The van der Waals surface area contributed by atoms with Gasteiger partial charge in [0.15, 0.2) is 0 Å². The van der Waals surface area contributed by atoms with Crippen molar-refractivity contribution in [3.8, 4) is 0 Å². The summed E-state index contributed by atoms with van der Waals surface area (Å²) in [6.45, 7) is 6.50. The van der Waals surface area contributed by atoms with E-state index in [1.807, 2.05) is 6.08 Å². The molecule has 2 nitrogen and oxygen atoms in total. The van der Waals surface area contributed by atoms with Crippen LogP contribution >= 0.6 is 0 Å². The van der Waals surface area contributed by atoms with Gasteiger partial charge in [0.05, 0.1) is 5.60 Å². The standard InChI is InChI=1S/C12H22O2/c1-5-11(2)10-12(3,14-4)8-6-7-9-13/h6-7,9,11H,5,8,10H2,1-4H3. The molecule has 14 heavy (non-hydrogen) atoms. The Kier molecular flexibility index (Phi) is 6.46. The number of hydrogen-bond acceptors (Lipinski definition) is 2. The van der Waals surface area contributed by atoms with Gasteiger partial charge in [-0.3, -0.25) is 4.79 Å². The van der Waals surface area contributed by atoms with Crippen molar-refractivity contribution in [2.75, 3.05) is 7.11 Å². The summed E-state index contributed by atoms with van der Waals surface area (Å²) in [5, 5.41) is 0. The van der Waals surface area contributed by atoms with E-state index in [1.165, 1.54) is 6.08 Å². The fraction of sp³-hybridized carbons (Fsp3) is 0.750. The van der Waals surface area contributed by atoms with E-state index in [4.69, 9.17) is 4.74 Å². The van der Waals surface area contributed by atoms with Gasteiger partial charge in [0.25, 0.3) is 0 Å². The average molecular weight is 198 g/mol. The van der Waals surface area contributed by atoms with Crippen LogP contribution in [0.3, 0.4) is 0 Å². The van der Waals surface area contributed by atoms with Gasteiger partial charge in [0, 0.05) is 7.11 Å². The second kappa shape index (κ2) is 6.77. The molecule has 0 saturated heterocycles. The van der Waals surface area contributed by atoms with Crippen molar-refractivity contribution in [1.82, 2.24) is 0 Å². The van der Waals surface area contributed by atoms with E-state index in [2.05, 4.69) is 20.8 Å². The molecule has 82 valence electrons. The topological polar surface area (TPSA) is 26.3 Å². The summed E-state index contributed by atoms with van der Waals surface area (Å²) < 4.78 is 5.49. The lowest BCUT2D eigenvalue weighted by atomic mass is 9.88. The van der Waals surface area contributed by atoms with E-state index in [0.717, 1.165) is 25.5 Å². The molecule has 2 atom stereocenters. The summed E-state index contributed by atoms with van der Waals surface area (Å²) in [6, 6.07) is 0. The van der Waals surface area contributed by atoms with Gasteiger partial charge in [-0.2, -0.15) is 0 Å². The highest BCUT2D eigenvalue weighted by Crippen LogP contribution is 2.25. The maximum Gasteiger partial charge on any atom is 0.142 e. The number of ether oxygens (including phenoxy) is 1. The lowest BCUT2D eigenvalue weighted by Gasteiger charge is -2.29. The van der Waals surface area contributed by atoms with Crippen molar-refractivity contribution in [1.29, 1.82) is 0 Å². The second-order valence-corrected chi connectivity index (χ2v) is 4.14. The van der Waals surface area contributed by atoms with Crippen molar-refractivity contribution in [3.05, 3.63) is 12.2 Å². The molecular formula is C12H22O2. The molecule has 0 aliphatic heterocycles. The van der Waals surface area contributed by atoms with Crippen LogP contribution in [-0.4, -0.2) is 19.0 Å². The number of allylic oxidation sites excluding steroid dienone is 1. The lowest BCUT2D eigenvalue weighted by molar-refractivity contribution is -0.104. The molecule has 0 aliphatic carbocycles. The Morgan fingerprint density at radius 1 is 1.50 bits per heavy atom. The van der Waals surface area contributed by atoms with Gasteiger partial charge in [0.2, 0.25) is 0 Å². The highest BCUT2D eigenvalue weighted by atomic mass is 16.5. The number of methoxy groups -OCH3 is 1. The summed E-state index contributed by atoms with van der Waals surface area (Å²) in [5.41, 5.74) is -0.130. The quantitative estimate of drug-likeness (QED) is 0.464. The molecule has 0 amide bonds. The van der Waals surface area contributed by atoms with E-state index in [0.29, 0.717) is 5.92 Å². The number of rotatable bonds is 7. The predicted molar refractivity (Wildman–Crippen MR) is 59.3 cm³/mol. The van der Waals surface area contributed by atoms with Crippen molar-refractivity contribution in [3.63, 3.8) is 0 Å². The molecule has 0 spiro atoms. The minimum absolute atomic E-state index is 0.130. The van der Waals surface area contributed by atoms with E-state index in [1.54, 1.807) is 7.11 Å². The molecule has 2 unspecified atom stereocenters. The van der Waals surface area contributed by atoms with Crippen LogP contribution in [0.25, 0.3) is 0 Å². The number of carbonyl (C=O) groups excluding carboxylic acids is 1. The van der Waals surface area contributed by atoms with Crippen LogP contribution in [0.4, 0.5) is 0 Å². The van der Waals surface area contributed by atoms with Crippen molar-refractivity contribution in [2.24, 2.45) is 5.92 Å². The van der Waals surface area contributed by atoms with Gasteiger partial charge in [-0.15, -0.1) is 0 Å². The molecule has 0 aliphatic rings. The van der Waals surface area contributed by atoms with E-state index in [9.17, 15) is 4.79 Å². The number of carbonyl (C=O) groups is 1. The highest BCUT2D eigenvalue weighted by molar-refractivity contribution is 5.64. The molecule has 0 aromatic carbocycles. The van der Waals surface area contributed by atoms with Gasteiger partial charge < -0.3 is 4.74 Å². The molecular weight excluding hydrogens is 176 g/mol. The molecule has 0 fully saturated rings. The third kappa shape index (κ3) is 5.18. The van der Waals surface area contributed by atoms with E-state index in [-0.39, 0.29) is 5.60 Å². The summed E-state index contributed by atoms with van der Waals surface area (Å²) in [6.07, 6.45) is 7.21. The molecule has 0 heterocycles. The predicted octanol–water partition coefficient (Wildman–Crippen LogP) is 2.97. The Balaban J connectivity index is 4.16. The van der Waals surface area contributed by atoms with Crippen LogP contribution in [0.2, 0.25) is 0 Å². The smallest absolute Gasteiger partial charge is 0.142 e. The Morgan fingerprint density at radius 3 is 2.57 bits per heavy atom. The number of hydrogen-bond donors (Lipinski definition) is 0. The molecule has 0 bridgehead atoms. The maximum absolute atomic E-state index is 10.1. The lowest BCUT2D eigenvalue weighted by Crippen LogP contribution is -2.28.